The summed E-state index contributed by atoms with van der Waals surface area (Å²) < 4.78 is 0. The number of aliphatic imine (C=N–C) groups is 1. The molecule has 0 spiro atoms. The first kappa shape index (κ1) is 9.07. The van der Waals surface area contributed by atoms with Gasteiger partial charge in [0.1, 0.15) is 6.23 Å². The maximum atomic E-state index is 8.80. The van der Waals surface area contributed by atoms with Crippen LogP contribution in [0.4, 0.5) is 0 Å². The van der Waals surface area contributed by atoms with Crippen molar-refractivity contribution in [3.8, 4) is 0 Å². The summed E-state index contributed by atoms with van der Waals surface area (Å²) in [5, 5.41) is 9.30. The molecule has 0 radical (unpaired) electrons. The van der Waals surface area contributed by atoms with Gasteiger partial charge in [-0.05, 0) is 0 Å². The maximum absolute atomic E-state index is 8.80. The summed E-state index contributed by atoms with van der Waals surface area (Å²) in [4.78, 5) is 3.70. The fourth-order valence-corrected chi connectivity index (χ4v) is 1.25. The number of nitrogens with zero attached hydrogens (tertiary/aromatic N) is 1. The van der Waals surface area contributed by atoms with E-state index in [-0.39, 0.29) is 12.4 Å². The second-order valence-corrected chi connectivity index (χ2v) is 2.70. The highest BCUT2D eigenvalue weighted by Gasteiger charge is 2.08. The van der Waals surface area contributed by atoms with Gasteiger partial charge in [-0.3, -0.25) is 0 Å². The third-order valence-electron chi connectivity index (χ3n) is 0.902. The lowest BCUT2D eigenvalue weighted by molar-refractivity contribution is 0.181. The Kier molecular flexibility index (Phi) is 4.01. The van der Waals surface area contributed by atoms with Crippen LogP contribution >= 0.6 is 24.2 Å². The zero-order valence-electron chi connectivity index (χ0n) is 4.78. The van der Waals surface area contributed by atoms with E-state index in [2.05, 4.69) is 4.99 Å². The normalized spacial score (nSPS) is 26.3. The van der Waals surface area contributed by atoms with Crippen LogP contribution in [0, 0.1) is 0 Å². The minimum absolute atomic E-state index is 0. The predicted octanol–water partition coefficient (Wildman–Crippen LogP) is 0.178. The maximum Gasteiger partial charge on any atom is 0.156 e. The monoisotopic (exact) mass is 168 g/mol. The number of hydrogen-bond acceptors (Lipinski definition) is 4. The number of hydrogen-bond donors (Lipinski definition) is 2. The van der Waals surface area contributed by atoms with Crippen LogP contribution in [0.1, 0.15) is 6.42 Å². The Labute approximate surface area is 64.1 Å². The van der Waals surface area contributed by atoms with Gasteiger partial charge in [0.15, 0.2) is 5.17 Å². The third kappa shape index (κ3) is 2.93. The molecule has 0 aromatic rings. The molecule has 3 N–H and O–H groups in total. The molecule has 0 saturated heterocycles. The van der Waals surface area contributed by atoms with Crippen molar-refractivity contribution in [3.05, 3.63) is 0 Å². The molecule has 0 amide bonds. The molecule has 0 saturated carbocycles. The minimum atomic E-state index is -0.545. The number of aliphatic hydroxyl groups is 1. The van der Waals surface area contributed by atoms with Crippen LogP contribution in [0.25, 0.3) is 0 Å². The zero-order valence-corrected chi connectivity index (χ0v) is 6.41. The van der Waals surface area contributed by atoms with E-state index < -0.39 is 6.23 Å². The van der Waals surface area contributed by atoms with E-state index in [0.29, 0.717) is 5.17 Å². The molecule has 0 aromatic heterocycles. The summed E-state index contributed by atoms with van der Waals surface area (Å²) in [6.07, 6.45) is 0.182. The number of thioether (sulfide) groups is 1. The summed E-state index contributed by atoms with van der Waals surface area (Å²) in [6, 6.07) is 0. The second-order valence-electron chi connectivity index (χ2n) is 1.59. The molecule has 1 aliphatic heterocycles. The highest BCUT2D eigenvalue weighted by Crippen LogP contribution is 2.12. The Balaban J connectivity index is 0.000000640. The van der Waals surface area contributed by atoms with E-state index in [4.69, 9.17) is 10.8 Å². The molecule has 54 valence electrons. The van der Waals surface area contributed by atoms with E-state index in [0.717, 1.165) is 12.2 Å². The van der Waals surface area contributed by atoms with Gasteiger partial charge in [0.2, 0.25) is 0 Å². The van der Waals surface area contributed by atoms with Crippen LogP contribution in [0.2, 0.25) is 0 Å². The smallest absolute Gasteiger partial charge is 0.156 e. The van der Waals surface area contributed by atoms with Crippen molar-refractivity contribution in [1.29, 1.82) is 0 Å². The third-order valence-corrected chi connectivity index (χ3v) is 1.74. The summed E-state index contributed by atoms with van der Waals surface area (Å²) in [5.74, 6) is 0.885. The Bertz CT molecular complexity index is 119. The fourth-order valence-electron chi connectivity index (χ4n) is 0.518. The zero-order chi connectivity index (χ0) is 5.98. The van der Waals surface area contributed by atoms with E-state index >= 15 is 0 Å². The van der Waals surface area contributed by atoms with Gasteiger partial charge in [-0.25, -0.2) is 4.99 Å². The Morgan fingerprint density at radius 2 is 2.44 bits per heavy atom. The highest BCUT2D eigenvalue weighted by atomic mass is 35.5. The lowest BCUT2D eigenvalue weighted by atomic mass is 10.4. The van der Waals surface area contributed by atoms with Crippen LogP contribution in [-0.2, 0) is 0 Å². The first-order chi connectivity index (χ1) is 3.79. The van der Waals surface area contributed by atoms with Crippen molar-refractivity contribution in [3.63, 3.8) is 0 Å². The second kappa shape index (κ2) is 3.98. The number of aliphatic hydroxyl groups excluding tert-OH is 1. The molecule has 0 aromatic carbocycles. The van der Waals surface area contributed by atoms with Gasteiger partial charge in [0.25, 0.3) is 0 Å². The molecular formula is C4H9ClN2OS. The molecule has 0 fully saturated rings. The first-order valence-electron chi connectivity index (χ1n) is 2.43. The molecule has 1 unspecified atom stereocenters. The molecule has 3 nitrogen and oxygen atoms in total. The molecule has 9 heavy (non-hydrogen) atoms. The average molecular weight is 169 g/mol. The molecule has 1 rings (SSSR count). The first-order valence-corrected chi connectivity index (χ1v) is 3.42. The summed E-state index contributed by atoms with van der Waals surface area (Å²) in [5.41, 5.74) is 5.28. The summed E-state index contributed by atoms with van der Waals surface area (Å²) in [6.45, 7) is 0. The molecule has 1 aliphatic rings. The van der Waals surface area contributed by atoms with Crippen molar-refractivity contribution < 1.29 is 5.11 Å². The molecule has 1 atom stereocenters. The highest BCUT2D eigenvalue weighted by molar-refractivity contribution is 8.13. The van der Waals surface area contributed by atoms with Gasteiger partial charge >= 0.3 is 0 Å². The topological polar surface area (TPSA) is 58.6 Å². The van der Waals surface area contributed by atoms with Crippen molar-refractivity contribution >= 4 is 29.3 Å². The van der Waals surface area contributed by atoms with E-state index in [1.54, 1.807) is 0 Å². The molecule has 1 heterocycles. The lowest BCUT2D eigenvalue weighted by Crippen LogP contribution is -2.19. The SMILES string of the molecule is Cl.NC1=NC(O)CCS1. The van der Waals surface area contributed by atoms with Gasteiger partial charge in [-0.1, -0.05) is 11.8 Å². The van der Waals surface area contributed by atoms with Crippen LogP contribution in [0.15, 0.2) is 4.99 Å². The van der Waals surface area contributed by atoms with Crippen LogP contribution in [0.5, 0.6) is 0 Å². The Morgan fingerprint density at radius 1 is 1.78 bits per heavy atom. The standard InChI is InChI=1S/C4H8N2OS.ClH/c5-4-6-3(7)1-2-8-4;/h3,7H,1-2H2,(H2,5,6);1H. The van der Waals surface area contributed by atoms with Crippen LogP contribution < -0.4 is 5.73 Å². The molecular weight excluding hydrogens is 160 g/mol. The summed E-state index contributed by atoms with van der Waals surface area (Å²) in [7, 11) is 0. The van der Waals surface area contributed by atoms with Crippen LogP contribution in [0.3, 0.4) is 0 Å². The van der Waals surface area contributed by atoms with E-state index in [1.165, 1.54) is 11.8 Å². The number of amidine groups is 1. The molecule has 0 aliphatic carbocycles. The van der Waals surface area contributed by atoms with Gasteiger partial charge in [-0.2, -0.15) is 0 Å². The summed E-state index contributed by atoms with van der Waals surface area (Å²) >= 11 is 1.49. The lowest BCUT2D eigenvalue weighted by Gasteiger charge is -2.11. The van der Waals surface area contributed by atoms with Gasteiger partial charge in [-0.15, -0.1) is 12.4 Å². The fraction of sp³-hybridized carbons (Fsp3) is 0.750. The van der Waals surface area contributed by atoms with Crippen LogP contribution in [-0.4, -0.2) is 22.3 Å². The minimum Gasteiger partial charge on any atom is -0.378 e. The molecule has 5 heteroatoms. The number of halogens is 1. The van der Waals surface area contributed by atoms with E-state index in [9.17, 15) is 0 Å². The largest absolute Gasteiger partial charge is 0.378 e. The van der Waals surface area contributed by atoms with E-state index in [1.807, 2.05) is 0 Å². The Hall–Kier alpha value is 0.0700. The molecule has 0 bridgehead atoms. The quantitative estimate of drug-likeness (QED) is 0.543. The van der Waals surface area contributed by atoms with Crippen molar-refractivity contribution in [2.24, 2.45) is 10.7 Å². The average Bonchev–Trinajstić information content (AvgIpc) is 1.64. The van der Waals surface area contributed by atoms with Crippen molar-refractivity contribution in [2.45, 2.75) is 12.6 Å². The Morgan fingerprint density at radius 3 is 2.78 bits per heavy atom. The van der Waals surface area contributed by atoms with Gasteiger partial charge in [0.05, 0.1) is 0 Å². The van der Waals surface area contributed by atoms with Crippen molar-refractivity contribution in [1.82, 2.24) is 0 Å². The van der Waals surface area contributed by atoms with Gasteiger partial charge in [0, 0.05) is 12.2 Å². The number of nitrogens with two attached hydrogens (primary N) is 1. The number of rotatable bonds is 0. The van der Waals surface area contributed by atoms with Gasteiger partial charge < -0.3 is 10.8 Å². The predicted molar refractivity (Wildman–Crippen MR) is 42.0 cm³/mol. The van der Waals surface area contributed by atoms with Crippen molar-refractivity contribution in [2.75, 3.05) is 5.75 Å².